The highest BCUT2D eigenvalue weighted by Gasteiger charge is 2.03. The number of benzene rings is 1. The van der Waals surface area contributed by atoms with E-state index in [1.165, 1.54) is 34.4 Å². The summed E-state index contributed by atoms with van der Waals surface area (Å²) in [5.74, 6) is 0.322. The van der Waals surface area contributed by atoms with Crippen LogP contribution < -0.4 is 5.56 Å². The summed E-state index contributed by atoms with van der Waals surface area (Å²) in [5.41, 5.74) is 1.26. The van der Waals surface area contributed by atoms with Crippen molar-refractivity contribution in [1.82, 2.24) is 9.38 Å². The van der Waals surface area contributed by atoms with E-state index in [0.717, 1.165) is 10.6 Å². The lowest BCUT2D eigenvalue weighted by atomic mass is 10.3. The van der Waals surface area contributed by atoms with E-state index in [-0.39, 0.29) is 11.4 Å². The van der Waals surface area contributed by atoms with Crippen molar-refractivity contribution in [3.63, 3.8) is 0 Å². The Kier molecular flexibility index (Phi) is 3.52. The van der Waals surface area contributed by atoms with Crippen LogP contribution in [0.2, 0.25) is 0 Å². The number of nitrogens with zero attached hydrogens (tertiary/aromatic N) is 2. The average molecular weight is 286 g/mol. The van der Waals surface area contributed by atoms with Gasteiger partial charge in [-0.05, 0) is 36.4 Å². The summed E-state index contributed by atoms with van der Waals surface area (Å²) in [6.45, 7) is 0. The first-order valence-corrected chi connectivity index (χ1v) is 7.07. The van der Waals surface area contributed by atoms with E-state index in [0.29, 0.717) is 11.4 Å². The van der Waals surface area contributed by atoms with Crippen LogP contribution in [0.15, 0.2) is 64.4 Å². The zero-order valence-corrected chi connectivity index (χ0v) is 11.3. The van der Waals surface area contributed by atoms with Crippen molar-refractivity contribution in [1.29, 1.82) is 0 Å². The van der Waals surface area contributed by atoms with E-state index in [1.807, 2.05) is 6.07 Å². The molecular weight excluding hydrogens is 275 g/mol. The van der Waals surface area contributed by atoms with E-state index >= 15 is 0 Å². The molecule has 3 rings (SSSR count). The Morgan fingerprint density at radius 2 is 1.95 bits per heavy atom. The molecule has 0 aliphatic heterocycles. The van der Waals surface area contributed by atoms with Crippen LogP contribution in [0.1, 0.15) is 5.69 Å². The Morgan fingerprint density at radius 3 is 2.75 bits per heavy atom. The first kappa shape index (κ1) is 12.9. The molecule has 20 heavy (non-hydrogen) atoms. The molecule has 0 bridgehead atoms. The Bertz CT molecular complexity index is 799. The number of halogens is 1. The van der Waals surface area contributed by atoms with Gasteiger partial charge in [0, 0.05) is 22.9 Å². The quantitative estimate of drug-likeness (QED) is 0.694. The predicted molar refractivity (Wildman–Crippen MR) is 77.4 cm³/mol. The fraction of sp³-hybridized carbons (Fsp3) is 0.0667. The second-order valence-electron chi connectivity index (χ2n) is 4.26. The van der Waals surface area contributed by atoms with Crippen molar-refractivity contribution >= 4 is 17.4 Å². The molecule has 2 aromatic heterocycles. The summed E-state index contributed by atoms with van der Waals surface area (Å²) in [6, 6.07) is 13.2. The Balaban J connectivity index is 1.84. The van der Waals surface area contributed by atoms with Crippen LogP contribution in [0.25, 0.3) is 5.65 Å². The first-order chi connectivity index (χ1) is 9.72. The predicted octanol–water partition coefficient (Wildman–Crippen LogP) is 3.13. The van der Waals surface area contributed by atoms with Gasteiger partial charge in [0.15, 0.2) is 0 Å². The van der Waals surface area contributed by atoms with Gasteiger partial charge in [-0.25, -0.2) is 9.37 Å². The lowest BCUT2D eigenvalue weighted by molar-refractivity contribution is 0.626. The minimum atomic E-state index is -0.253. The number of thioether (sulfide) groups is 1. The van der Waals surface area contributed by atoms with Crippen molar-refractivity contribution in [2.24, 2.45) is 0 Å². The highest BCUT2D eigenvalue weighted by molar-refractivity contribution is 7.98. The highest BCUT2D eigenvalue weighted by Crippen LogP contribution is 2.21. The van der Waals surface area contributed by atoms with Gasteiger partial charge in [0.25, 0.3) is 5.56 Å². The van der Waals surface area contributed by atoms with Gasteiger partial charge in [-0.3, -0.25) is 9.20 Å². The summed E-state index contributed by atoms with van der Waals surface area (Å²) in [7, 11) is 0. The fourth-order valence-corrected chi connectivity index (χ4v) is 2.66. The normalized spacial score (nSPS) is 10.8. The summed E-state index contributed by atoms with van der Waals surface area (Å²) < 4.78 is 14.3. The Morgan fingerprint density at radius 1 is 1.15 bits per heavy atom. The zero-order valence-electron chi connectivity index (χ0n) is 10.5. The topological polar surface area (TPSA) is 34.4 Å². The molecule has 0 atom stereocenters. The molecule has 0 aliphatic carbocycles. The monoisotopic (exact) mass is 286 g/mol. The van der Waals surface area contributed by atoms with Crippen LogP contribution in [0.3, 0.4) is 0 Å². The summed E-state index contributed by atoms with van der Waals surface area (Å²) >= 11 is 1.52. The Labute approximate surface area is 119 Å². The average Bonchev–Trinajstić information content (AvgIpc) is 2.47. The Hall–Kier alpha value is -2.14. The van der Waals surface area contributed by atoms with E-state index < -0.39 is 0 Å². The molecule has 0 aliphatic rings. The van der Waals surface area contributed by atoms with Gasteiger partial charge in [0.05, 0.1) is 5.69 Å². The molecule has 2 heterocycles. The standard InChI is InChI=1S/C15H11FN2OS/c16-11-4-6-13(7-5-11)20-10-12-9-15(19)18-8-2-1-3-14(18)17-12/h1-9H,10H2. The molecule has 1 aromatic carbocycles. The highest BCUT2D eigenvalue weighted by atomic mass is 32.2. The summed E-state index contributed by atoms with van der Waals surface area (Å²) in [4.78, 5) is 17.3. The number of hydrogen-bond donors (Lipinski definition) is 0. The molecule has 3 nitrogen and oxygen atoms in total. The van der Waals surface area contributed by atoms with Crippen LogP contribution in [0.4, 0.5) is 4.39 Å². The van der Waals surface area contributed by atoms with Crippen LogP contribution in [-0.4, -0.2) is 9.38 Å². The minimum Gasteiger partial charge on any atom is -0.269 e. The first-order valence-electron chi connectivity index (χ1n) is 6.08. The maximum absolute atomic E-state index is 12.8. The molecule has 0 fully saturated rings. The van der Waals surface area contributed by atoms with Crippen LogP contribution in [-0.2, 0) is 5.75 Å². The molecule has 0 saturated heterocycles. The molecule has 0 radical (unpaired) electrons. The van der Waals surface area contributed by atoms with Crippen molar-refractivity contribution < 1.29 is 4.39 Å². The van der Waals surface area contributed by atoms with Crippen molar-refractivity contribution in [3.05, 3.63) is 76.6 Å². The van der Waals surface area contributed by atoms with Gasteiger partial charge in [-0.15, -0.1) is 11.8 Å². The summed E-state index contributed by atoms with van der Waals surface area (Å²) in [5, 5.41) is 0. The van der Waals surface area contributed by atoms with Gasteiger partial charge in [0.1, 0.15) is 11.5 Å². The number of aromatic nitrogens is 2. The number of fused-ring (bicyclic) bond motifs is 1. The maximum Gasteiger partial charge on any atom is 0.258 e. The van der Waals surface area contributed by atoms with E-state index in [1.54, 1.807) is 30.5 Å². The van der Waals surface area contributed by atoms with Gasteiger partial charge in [-0.1, -0.05) is 6.07 Å². The molecule has 0 amide bonds. The number of pyridine rings is 1. The smallest absolute Gasteiger partial charge is 0.258 e. The van der Waals surface area contributed by atoms with Gasteiger partial charge < -0.3 is 0 Å². The second kappa shape index (κ2) is 5.46. The number of rotatable bonds is 3. The van der Waals surface area contributed by atoms with Gasteiger partial charge in [0.2, 0.25) is 0 Å². The molecule has 0 unspecified atom stereocenters. The van der Waals surface area contributed by atoms with Crippen LogP contribution >= 0.6 is 11.8 Å². The lowest BCUT2D eigenvalue weighted by Gasteiger charge is -2.04. The molecule has 3 aromatic rings. The van der Waals surface area contributed by atoms with Crippen molar-refractivity contribution in [2.45, 2.75) is 10.6 Å². The second-order valence-corrected chi connectivity index (χ2v) is 5.31. The third kappa shape index (κ3) is 2.72. The molecule has 5 heteroatoms. The SMILES string of the molecule is O=c1cc(CSc2ccc(F)cc2)nc2ccccn12. The third-order valence-electron chi connectivity index (χ3n) is 2.82. The summed E-state index contributed by atoms with van der Waals surface area (Å²) in [6.07, 6.45) is 1.70. The third-order valence-corrected chi connectivity index (χ3v) is 3.87. The van der Waals surface area contributed by atoms with Gasteiger partial charge >= 0.3 is 0 Å². The molecule has 0 N–H and O–H groups in total. The number of hydrogen-bond acceptors (Lipinski definition) is 3. The molecule has 100 valence electrons. The van der Waals surface area contributed by atoms with Gasteiger partial charge in [-0.2, -0.15) is 0 Å². The molecule has 0 spiro atoms. The molecule has 0 saturated carbocycles. The molecular formula is C15H11FN2OS. The maximum atomic E-state index is 12.8. The van der Waals surface area contributed by atoms with Crippen molar-refractivity contribution in [2.75, 3.05) is 0 Å². The van der Waals surface area contributed by atoms with E-state index in [2.05, 4.69) is 4.98 Å². The largest absolute Gasteiger partial charge is 0.269 e. The van der Waals surface area contributed by atoms with Crippen LogP contribution in [0.5, 0.6) is 0 Å². The van der Waals surface area contributed by atoms with E-state index in [4.69, 9.17) is 0 Å². The van der Waals surface area contributed by atoms with E-state index in [9.17, 15) is 9.18 Å². The van der Waals surface area contributed by atoms with Crippen molar-refractivity contribution in [3.8, 4) is 0 Å². The fourth-order valence-electron chi connectivity index (χ4n) is 1.87. The lowest BCUT2D eigenvalue weighted by Crippen LogP contribution is -2.14. The minimum absolute atomic E-state index is 0.0923. The zero-order chi connectivity index (χ0) is 13.9. The van der Waals surface area contributed by atoms with Crippen LogP contribution in [0, 0.1) is 5.82 Å².